The molecule has 2 aliphatic heterocycles. The molecule has 8 nitrogen and oxygen atoms in total. The Hall–Kier alpha value is -2.44. The van der Waals surface area contributed by atoms with Crippen LogP contribution in [0.1, 0.15) is 29.8 Å². The topological polar surface area (TPSA) is 96.0 Å². The summed E-state index contributed by atoms with van der Waals surface area (Å²) in [6.07, 6.45) is 0.369. The van der Waals surface area contributed by atoms with Crippen LogP contribution >= 0.6 is 27.5 Å². The lowest BCUT2D eigenvalue weighted by atomic mass is 10.1. The molecular weight excluding hydrogens is 596 g/mol. The highest BCUT2D eigenvalue weighted by atomic mass is 79.9. The van der Waals surface area contributed by atoms with Crippen molar-refractivity contribution >= 4 is 60.6 Å². The molecule has 37 heavy (non-hydrogen) atoms. The molecule has 2 amide bonds. The highest BCUT2D eigenvalue weighted by Crippen LogP contribution is 2.41. The van der Waals surface area contributed by atoms with E-state index in [4.69, 9.17) is 11.6 Å². The van der Waals surface area contributed by atoms with E-state index in [1.54, 1.807) is 17.0 Å². The summed E-state index contributed by atoms with van der Waals surface area (Å²) in [4.78, 5) is 30.0. The minimum Gasteiger partial charge on any atom is -0.420 e. The Labute approximate surface area is 226 Å². The Morgan fingerprint density at radius 2 is 1.78 bits per heavy atom. The van der Waals surface area contributed by atoms with E-state index in [1.165, 1.54) is 24.3 Å². The molecule has 0 aliphatic carbocycles. The Balaban J connectivity index is 1.53. The third-order valence-corrected chi connectivity index (χ3v) is 8.55. The zero-order valence-corrected chi connectivity index (χ0v) is 23.2. The number of carbonyl (C=O) groups is 2. The number of halogens is 4. The van der Waals surface area contributed by atoms with Gasteiger partial charge >= 0.3 is 5.57 Å². The summed E-state index contributed by atoms with van der Waals surface area (Å²) in [6.45, 7) is 4.27. The summed E-state index contributed by atoms with van der Waals surface area (Å²) in [5.41, 5.74) is -1.50. The Morgan fingerprint density at radius 3 is 2.35 bits per heavy atom. The van der Waals surface area contributed by atoms with Gasteiger partial charge in [-0.3, -0.25) is 9.59 Å². The fraction of sp³-hybridized carbons (Fsp3) is 0.417. The van der Waals surface area contributed by atoms with Gasteiger partial charge in [0.2, 0.25) is 5.91 Å². The van der Waals surface area contributed by atoms with Crippen LogP contribution in [0.3, 0.4) is 0 Å². The lowest BCUT2D eigenvalue weighted by Crippen LogP contribution is -2.53. The quantitative estimate of drug-likeness (QED) is 0.485. The van der Waals surface area contributed by atoms with Crippen molar-refractivity contribution in [2.24, 2.45) is 0 Å². The number of fused-ring (bicyclic) bond motifs is 1. The molecule has 1 N–H and O–H groups in total. The number of nitrogens with zero attached hydrogens (tertiary/aromatic N) is 2. The number of rotatable bonds is 6. The number of anilines is 2. The molecule has 1 unspecified atom stereocenters. The Kier molecular flexibility index (Phi) is 7.74. The van der Waals surface area contributed by atoms with Crippen LogP contribution in [0, 0.1) is 0 Å². The molecular formula is C24H25BrClF2N3O5S. The third-order valence-electron chi connectivity index (χ3n) is 6.26. The number of nitrogens with one attached hydrogen (secondary N) is 1. The molecule has 2 aromatic carbocycles. The standard InChI is InChI=1S/C24H25BrClF2N3O5S/c1-14(2)31-20(23(33)30-7-9-37(34,35)10-8-30)13-15-11-16(12-19(25)21(15)31)22(32)29-17-3-5-18(6-4-17)36-24(26,27)28/h3-6,11-12,14,20H,7-10,13H2,1-2H3,(H,29,32). The molecule has 13 heteroatoms. The SMILES string of the molecule is CC(C)N1c2c(Br)cc(C(=O)Nc3ccc(OC(F)(F)Cl)cc3)cc2CC1C(=O)N1CCS(=O)(=O)CC1. The number of hydrogen-bond donors (Lipinski definition) is 1. The second kappa shape index (κ2) is 10.4. The molecule has 2 aromatic rings. The van der Waals surface area contributed by atoms with Crippen molar-refractivity contribution in [2.75, 3.05) is 34.8 Å². The van der Waals surface area contributed by atoms with Gasteiger partial charge in [-0.25, -0.2) is 8.42 Å². The predicted octanol–water partition coefficient (Wildman–Crippen LogP) is 4.27. The summed E-state index contributed by atoms with van der Waals surface area (Å²) in [6, 6.07) is 8.18. The van der Waals surface area contributed by atoms with Gasteiger partial charge < -0.3 is 19.9 Å². The van der Waals surface area contributed by atoms with Crippen molar-refractivity contribution in [2.45, 2.75) is 37.9 Å². The number of amides is 2. The largest absolute Gasteiger partial charge is 0.487 e. The maximum atomic E-state index is 13.4. The first-order valence-electron chi connectivity index (χ1n) is 11.5. The zero-order chi connectivity index (χ0) is 27.1. The van der Waals surface area contributed by atoms with Crippen molar-refractivity contribution in [3.05, 3.63) is 52.0 Å². The molecule has 0 aromatic heterocycles. The van der Waals surface area contributed by atoms with Gasteiger partial charge in [0.25, 0.3) is 5.91 Å². The molecule has 1 saturated heterocycles. The molecule has 1 atom stereocenters. The van der Waals surface area contributed by atoms with Crippen LogP contribution in [0.25, 0.3) is 0 Å². The average Bonchev–Trinajstić information content (AvgIpc) is 3.19. The van der Waals surface area contributed by atoms with Crippen LogP contribution in [0.2, 0.25) is 0 Å². The third kappa shape index (κ3) is 6.35. The van der Waals surface area contributed by atoms with Crippen molar-refractivity contribution in [1.82, 2.24) is 4.90 Å². The van der Waals surface area contributed by atoms with Crippen LogP contribution < -0.4 is 15.0 Å². The fourth-order valence-electron chi connectivity index (χ4n) is 4.61. The number of ether oxygens (including phenoxy) is 1. The second-order valence-electron chi connectivity index (χ2n) is 9.19. The second-order valence-corrected chi connectivity index (χ2v) is 12.8. The summed E-state index contributed by atoms with van der Waals surface area (Å²) in [7, 11) is -3.12. The van der Waals surface area contributed by atoms with E-state index in [9.17, 15) is 26.8 Å². The molecule has 2 heterocycles. The average molecular weight is 621 g/mol. The lowest BCUT2D eigenvalue weighted by molar-refractivity contribution is -0.132. The van der Waals surface area contributed by atoms with E-state index in [2.05, 4.69) is 26.0 Å². The highest BCUT2D eigenvalue weighted by Gasteiger charge is 2.41. The van der Waals surface area contributed by atoms with E-state index in [1.807, 2.05) is 18.7 Å². The van der Waals surface area contributed by atoms with Gasteiger partial charge in [0.15, 0.2) is 9.84 Å². The number of alkyl halides is 3. The molecule has 2 aliphatic rings. The van der Waals surface area contributed by atoms with Gasteiger partial charge in [-0.05, 0) is 71.7 Å². The maximum Gasteiger partial charge on any atom is 0.487 e. The Bertz CT molecular complexity index is 1300. The van der Waals surface area contributed by atoms with E-state index in [0.717, 1.165) is 11.3 Å². The summed E-state index contributed by atoms with van der Waals surface area (Å²) >= 11 is 8.33. The minimum absolute atomic E-state index is 0.0270. The van der Waals surface area contributed by atoms with Crippen molar-refractivity contribution in [3.63, 3.8) is 0 Å². The number of hydrogen-bond acceptors (Lipinski definition) is 6. The number of benzene rings is 2. The Morgan fingerprint density at radius 1 is 1.16 bits per heavy atom. The zero-order valence-electron chi connectivity index (χ0n) is 20.0. The molecule has 0 saturated carbocycles. The summed E-state index contributed by atoms with van der Waals surface area (Å²) in [5, 5.41) is 2.71. The van der Waals surface area contributed by atoms with Crippen LogP contribution in [0.15, 0.2) is 40.9 Å². The first-order chi connectivity index (χ1) is 17.2. The normalized spacial score (nSPS) is 19.1. The smallest absolute Gasteiger partial charge is 0.420 e. The van der Waals surface area contributed by atoms with Gasteiger partial charge in [-0.2, -0.15) is 0 Å². The van der Waals surface area contributed by atoms with Gasteiger partial charge in [0.1, 0.15) is 11.8 Å². The molecule has 4 rings (SSSR count). The van der Waals surface area contributed by atoms with Crippen LogP contribution in [0.4, 0.5) is 20.2 Å². The fourth-order valence-corrected chi connectivity index (χ4v) is 6.60. The van der Waals surface area contributed by atoms with E-state index < -0.39 is 27.4 Å². The number of carbonyl (C=O) groups excluding carboxylic acids is 2. The predicted molar refractivity (Wildman–Crippen MR) is 140 cm³/mol. The van der Waals surface area contributed by atoms with Crippen LogP contribution in [-0.2, 0) is 21.1 Å². The van der Waals surface area contributed by atoms with E-state index in [-0.39, 0.29) is 42.3 Å². The van der Waals surface area contributed by atoms with Crippen LogP contribution in [-0.4, -0.2) is 67.4 Å². The molecule has 1 fully saturated rings. The molecule has 0 radical (unpaired) electrons. The monoisotopic (exact) mass is 619 g/mol. The van der Waals surface area contributed by atoms with Crippen molar-refractivity contribution in [1.29, 1.82) is 0 Å². The maximum absolute atomic E-state index is 13.4. The van der Waals surface area contributed by atoms with Gasteiger partial charge in [-0.15, -0.1) is 8.78 Å². The van der Waals surface area contributed by atoms with Gasteiger partial charge in [0, 0.05) is 52.9 Å². The van der Waals surface area contributed by atoms with E-state index in [0.29, 0.717) is 22.1 Å². The van der Waals surface area contributed by atoms with Crippen molar-refractivity contribution < 1.29 is 31.5 Å². The molecule has 0 bridgehead atoms. The highest BCUT2D eigenvalue weighted by molar-refractivity contribution is 9.10. The van der Waals surface area contributed by atoms with Crippen molar-refractivity contribution in [3.8, 4) is 5.75 Å². The lowest BCUT2D eigenvalue weighted by Gasteiger charge is -2.36. The summed E-state index contributed by atoms with van der Waals surface area (Å²) in [5.74, 6) is -0.811. The van der Waals surface area contributed by atoms with Crippen LogP contribution in [0.5, 0.6) is 5.75 Å². The first kappa shape index (κ1) is 27.6. The summed E-state index contributed by atoms with van der Waals surface area (Å²) < 4.78 is 54.1. The van der Waals surface area contributed by atoms with Gasteiger partial charge in [0.05, 0.1) is 17.2 Å². The number of sulfone groups is 1. The first-order valence-corrected chi connectivity index (χ1v) is 14.5. The van der Waals surface area contributed by atoms with Gasteiger partial charge in [-0.1, -0.05) is 0 Å². The molecule has 200 valence electrons. The molecule has 0 spiro atoms. The van der Waals surface area contributed by atoms with E-state index >= 15 is 0 Å². The minimum atomic E-state index is -3.84.